The molecule has 2 aromatic rings. The van der Waals surface area contributed by atoms with Crippen LogP contribution in [0.3, 0.4) is 0 Å². The molecule has 0 saturated heterocycles. The third-order valence-electron chi connectivity index (χ3n) is 4.38. The first-order valence-electron chi connectivity index (χ1n) is 9.02. The summed E-state index contributed by atoms with van der Waals surface area (Å²) < 4.78 is 11.1. The van der Waals surface area contributed by atoms with Crippen molar-refractivity contribution in [3.05, 3.63) is 48.0 Å². The van der Waals surface area contributed by atoms with Crippen LogP contribution in [0.2, 0.25) is 0 Å². The van der Waals surface area contributed by atoms with E-state index in [1.807, 2.05) is 24.3 Å². The number of carbonyl (C=O) groups excluding carboxylic acids is 2. The molecule has 142 valence electrons. The summed E-state index contributed by atoms with van der Waals surface area (Å²) >= 11 is 0. The minimum absolute atomic E-state index is 0.0819. The number of nitrogens with zero attached hydrogens (tertiary/aromatic N) is 1. The highest BCUT2D eigenvalue weighted by molar-refractivity contribution is 6.02. The van der Waals surface area contributed by atoms with Crippen molar-refractivity contribution < 1.29 is 19.1 Å². The Labute approximate surface area is 159 Å². The van der Waals surface area contributed by atoms with Gasteiger partial charge >= 0.3 is 0 Å². The highest BCUT2D eigenvalue weighted by atomic mass is 16.6. The fourth-order valence-electron chi connectivity index (χ4n) is 3.03. The molecule has 2 aromatic carbocycles. The summed E-state index contributed by atoms with van der Waals surface area (Å²) in [5, 5.41) is 2.92. The largest absolute Gasteiger partial charge is 0.486 e. The van der Waals surface area contributed by atoms with Gasteiger partial charge in [-0.25, -0.2) is 0 Å². The van der Waals surface area contributed by atoms with E-state index in [1.165, 1.54) is 11.8 Å². The quantitative estimate of drug-likeness (QED) is 0.876. The molecule has 0 aromatic heterocycles. The van der Waals surface area contributed by atoms with Crippen molar-refractivity contribution in [2.45, 2.75) is 26.7 Å². The Morgan fingerprint density at radius 2 is 1.78 bits per heavy atom. The predicted molar refractivity (Wildman–Crippen MR) is 105 cm³/mol. The Bertz CT molecular complexity index is 848. The van der Waals surface area contributed by atoms with Crippen molar-refractivity contribution in [1.82, 2.24) is 0 Å². The Kier molecular flexibility index (Phi) is 5.64. The van der Waals surface area contributed by atoms with Gasteiger partial charge in [0.2, 0.25) is 11.8 Å². The number of amides is 2. The zero-order chi connectivity index (χ0) is 19.4. The van der Waals surface area contributed by atoms with E-state index in [-0.39, 0.29) is 24.3 Å². The lowest BCUT2D eigenvalue weighted by Crippen LogP contribution is -2.37. The fourth-order valence-corrected chi connectivity index (χ4v) is 3.03. The summed E-state index contributed by atoms with van der Waals surface area (Å²) in [5.41, 5.74) is 2.42. The van der Waals surface area contributed by atoms with Crippen LogP contribution in [0.5, 0.6) is 11.5 Å². The highest BCUT2D eigenvalue weighted by Gasteiger charge is 2.20. The van der Waals surface area contributed by atoms with Crippen molar-refractivity contribution in [3.63, 3.8) is 0 Å². The second-order valence-corrected chi connectivity index (χ2v) is 6.72. The second kappa shape index (κ2) is 8.12. The zero-order valence-corrected chi connectivity index (χ0v) is 15.8. The third-order valence-corrected chi connectivity index (χ3v) is 4.38. The number of hydrogen-bond donors (Lipinski definition) is 1. The number of nitrogens with one attached hydrogen (secondary N) is 1. The zero-order valence-electron chi connectivity index (χ0n) is 15.8. The number of ether oxygens (including phenoxy) is 2. The van der Waals surface area contributed by atoms with Gasteiger partial charge in [0.1, 0.15) is 19.8 Å². The minimum Gasteiger partial charge on any atom is -0.486 e. The maximum atomic E-state index is 12.6. The molecule has 0 fully saturated rings. The molecule has 1 N–H and O–H groups in total. The Balaban J connectivity index is 1.77. The Morgan fingerprint density at radius 1 is 1.07 bits per heavy atom. The van der Waals surface area contributed by atoms with E-state index in [0.29, 0.717) is 30.4 Å². The molecule has 1 heterocycles. The first-order chi connectivity index (χ1) is 13.0. The van der Waals surface area contributed by atoms with Crippen molar-refractivity contribution in [1.29, 1.82) is 0 Å². The van der Waals surface area contributed by atoms with Crippen LogP contribution in [0.1, 0.15) is 32.3 Å². The average Bonchev–Trinajstić information content (AvgIpc) is 2.65. The monoisotopic (exact) mass is 368 g/mol. The Morgan fingerprint density at radius 3 is 2.48 bits per heavy atom. The molecule has 1 aliphatic rings. The summed E-state index contributed by atoms with van der Waals surface area (Å²) in [5.74, 6) is 1.02. The average molecular weight is 368 g/mol. The fraction of sp³-hybridized carbons (Fsp3) is 0.333. The molecular weight excluding hydrogens is 344 g/mol. The third kappa shape index (κ3) is 4.39. The van der Waals surface area contributed by atoms with Crippen molar-refractivity contribution in [2.24, 2.45) is 0 Å². The van der Waals surface area contributed by atoms with Crippen LogP contribution < -0.4 is 19.7 Å². The summed E-state index contributed by atoms with van der Waals surface area (Å²) in [6.45, 7) is 6.46. The first-order valence-corrected chi connectivity index (χ1v) is 9.02. The topological polar surface area (TPSA) is 67.9 Å². The van der Waals surface area contributed by atoms with E-state index in [9.17, 15) is 9.59 Å². The van der Waals surface area contributed by atoms with Gasteiger partial charge in [-0.1, -0.05) is 32.0 Å². The van der Waals surface area contributed by atoms with Gasteiger partial charge in [-0.15, -0.1) is 0 Å². The lowest BCUT2D eigenvalue weighted by molar-refractivity contribution is -0.120. The first kappa shape index (κ1) is 18.8. The van der Waals surface area contributed by atoms with E-state index in [1.54, 1.807) is 18.2 Å². The summed E-state index contributed by atoms with van der Waals surface area (Å²) in [7, 11) is 0. The van der Waals surface area contributed by atoms with Crippen LogP contribution in [-0.2, 0) is 9.59 Å². The number of benzene rings is 2. The predicted octanol–water partition coefficient (Wildman–Crippen LogP) is 3.57. The molecular formula is C21H24N2O4. The van der Waals surface area contributed by atoms with Gasteiger partial charge in [0, 0.05) is 24.4 Å². The van der Waals surface area contributed by atoms with Gasteiger partial charge in [-0.2, -0.15) is 0 Å². The van der Waals surface area contributed by atoms with Crippen LogP contribution in [-0.4, -0.2) is 31.6 Å². The van der Waals surface area contributed by atoms with E-state index < -0.39 is 0 Å². The molecule has 27 heavy (non-hydrogen) atoms. The van der Waals surface area contributed by atoms with E-state index in [0.717, 1.165) is 11.3 Å². The molecule has 3 rings (SSSR count). The van der Waals surface area contributed by atoms with Gasteiger partial charge in [0.25, 0.3) is 0 Å². The molecule has 0 spiro atoms. The number of anilines is 2. The lowest BCUT2D eigenvalue weighted by Gasteiger charge is -2.24. The molecule has 0 atom stereocenters. The minimum atomic E-state index is -0.256. The van der Waals surface area contributed by atoms with Crippen molar-refractivity contribution in [3.8, 4) is 11.5 Å². The van der Waals surface area contributed by atoms with E-state index in [4.69, 9.17) is 9.47 Å². The lowest BCUT2D eigenvalue weighted by atomic mass is 10.0. The number of rotatable bonds is 5. The van der Waals surface area contributed by atoms with Crippen LogP contribution in [0.4, 0.5) is 11.4 Å². The maximum Gasteiger partial charge on any atom is 0.244 e. The standard InChI is InChI=1S/C21H24N2O4/c1-14(2)17-6-4-5-7-18(17)22-21(25)13-23(15(3)24)16-8-9-19-20(12-16)27-11-10-26-19/h4-9,12,14H,10-11,13H2,1-3H3,(H,22,25). The van der Waals surface area contributed by atoms with E-state index >= 15 is 0 Å². The number of hydrogen-bond acceptors (Lipinski definition) is 4. The van der Waals surface area contributed by atoms with E-state index in [2.05, 4.69) is 19.2 Å². The summed E-state index contributed by atoms with van der Waals surface area (Å²) in [4.78, 5) is 26.2. The van der Waals surface area contributed by atoms with Crippen molar-refractivity contribution >= 4 is 23.2 Å². The smallest absolute Gasteiger partial charge is 0.244 e. The van der Waals surface area contributed by atoms with Crippen LogP contribution in [0.15, 0.2) is 42.5 Å². The summed E-state index contributed by atoms with van der Waals surface area (Å²) in [6.07, 6.45) is 0. The molecule has 6 nitrogen and oxygen atoms in total. The van der Waals surface area contributed by atoms with Gasteiger partial charge in [0.05, 0.1) is 0 Å². The maximum absolute atomic E-state index is 12.6. The molecule has 0 unspecified atom stereocenters. The Hall–Kier alpha value is -3.02. The highest BCUT2D eigenvalue weighted by Crippen LogP contribution is 2.34. The molecule has 0 bridgehead atoms. The number of fused-ring (bicyclic) bond motifs is 1. The normalized spacial score (nSPS) is 12.6. The molecule has 2 amide bonds. The van der Waals surface area contributed by atoms with Gasteiger partial charge < -0.3 is 19.7 Å². The van der Waals surface area contributed by atoms with Crippen LogP contribution in [0.25, 0.3) is 0 Å². The molecule has 0 radical (unpaired) electrons. The van der Waals surface area contributed by atoms with Gasteiger partial charge in [-0.05, 0) is 29.7 Å². The molecule has 6 heteroatoms. The number of para-hydroxylation sites is 1. The number of carbonyl (C=O) groups is 2. The van der Waals surface area contributed by atoms with Gasteiger partial charge in [0.15, 0.2) is 11.5 Å². The summed E-state index contributed by atoms with van der Waals surface area (Å²) in [6, 6.07) is 12.9. The van der Waals surface area contributed by atoms with Crippen molar-refractivity contribution in [2.75, 3.05) is 30.0 Å². The van der Waals surface area contributed by atoms with Gasteiger partial charge in [-0.3, -0.25) is 9.59 Å². The SMILES string of the molecule is CC(=O)N(CC(=O)Nc1ccccc1C(C)C)c1ccc2c(c1)OCCO2. The molecule has 0 saturated carbocycles. The van der Waals surface area contributed by atoms with Crippen LogP contribution >= 0.6 is 0 Å². The second-order valence-electron chi connectivity index (χ2n) is 6.72. The molecule has 1 aliphatic heterocycles. The molecule has 0 aliphatic carbocycles. The van der Waals surface area contributed by atoms with Crippen LogP contribution in [0, 0.1) is 0 Å².